The summed E-state index contributed by atoms with van der Waals surface area (Å²) in [6.45, 7) is 3.45. The minimum atomic E-state index is -0.461. The Kier molecular flexibility index (Phi) is 14.4. The summed E-state index contributed by atoms with van der Waals surface area (Å²) in [5, 5.41) is 0. The van der Waals surface area contributed by atoms with Crippen molar-refractivity contribution >= 4 is 55.5 Å². The highest BCUT2D eigenvalue weighted by molar-refractivity contribution is 9.10. The van der Waals surface area contributed by atoms with Crippen molar-refractivity contribution < 1.29 is 28.7 Å². The van der Waals surface area contributed by atoms with Crippen molar-refractivity contribution in [2.75, 3.05) is 13.2 Å². The van der Waals surface area contributed by atoms with Crippen LogP contribution in [0.1, 0.15) is 56.1 Å². The first kappa shape index (κ1) is 32.1. The maximum absolute atomic E-state index is 11.9. The van der Waals surface area contributed by atoms with Crippen molar-refractivity contribution in [3.05, 3.63) is 56.5 Å². The molecule has 10 nitrogen and oxygen atoms in total. The number of hydrogen-bond acceptors (Lipinski definition) is 6. The number of unbranched alkanes of at least 4 members (excludes halogenated alkanes) is 4. The van der Waals surface area contributed by atoms with Crippen LogP contribution in [0.15, 0.2) is 45.3 Å². The lowest BCUT2D eigenvalue weighted by Crippen LogP contribution is -2.43. The molecule has 0 saturated heterocycles. The van der Waals surface area contributed by atoms with Crippen molar-refractivity contribution in [3.8, 4) is 11.5 Å². The summed E-state index contributed by atoms with van der Waals surface area (Å²) in [5.41, 5.74) is 11.5. The van der Waals surface area contributed by atoms with Gasteiger partial charge in [-0.25, -0.2) is 0 Å². The van der Waals surface area contributed by atoms with Crippen LogP contribution in [0, 0.1) is 13.8 Å². The van der Waals surface area contributed by atoms with Crippen LogP contribution in [-0.2, 0) is 19.2 Å². The summed E-state index contributed by atoms with van der Waals surface area (Å²) in [7, 11) is 0. The van der Waals surface area contributed by atoms with Crippen LogP contribution in [0.25, 0.3) is 0 Å². The van der Waals surface area contributed by atoms with Crippen molar-refractivity contribution in [2.24, 2.45) is 0 Å². The standard InChI is InChI=1S/C27H34Br2N4O6/c1-18-10-12-22(20(28)14-18)38-16-26(36)32-30-24(34)8-6-4-3-5-7-9-25(35)31-33-27(37)17-39-23-13-11-19(2)15-21(23)29/h10-15H,3-9,16-17H2,1-2H3,(H,30,34)(H,31,35)(H,32,36)(H,33,37). The zero-order valence-electron chi connectivity index (χ0n) is 22.0. The Morgan fingerprint density at radius 3 is 1.33 bits per heavy atom. The summed E-state index contributed by atoms with van der Waals surface area (Å²) in [6.07, 6.45) is 4.36. The van der Waals surface area contributed by atoms with Crippen LogP contribution < -0.4 is 31.2 Å². The van der Waals surface area contributed by atoms with Crippen LogP contribution in [0.5, 0.6) is 11.5 Å². The molecular formula is C27H34Br2N4O6. The summed E-state index contributed by atoms with van der Waals surface area (Å²) in [5.74, 6) is -0.403. The van der Waals surface area contributed by atoms with Crippen molar-refractivity contribution in [1.29, 1.82) is 0 Å². The number of halogens is 2. The summed E-state index contributed by atoms with van der Waals surface area (Å²) >= 11 is 6.76. The third-order valence-electron chi connectivity index (χ3n) is 5.38. The molecule has 0 aliphatic heterocycles. The molecule has 212 valence electrons. The van der Waals surface area contributed by atoms with E-state index in [1.165, 1.54) is 0 Å². The van der Waals surface area contributed by atoms with E-state index in [1.54, 1.807) is 12.1 Å². The minimum Gasteiger partial charge on any atom is -0.483 e. The molecular weight excluding hydrogens is 636 g/mol. The Morgan fingerprint density at radius 1 is 0.590 bits per heavy atom. The summed E-state index contributed by atoms with van der Waals surface area (Å²) in [6, 6.07) is 11.0. The third-order valence-corrected chi connectivity index (χ3v) is 6.62. The molecule has 0 aromatic heterocycles. The van der Waals surface area contributed by atoms with Gasteiger partial charge in [0.1, 0.15) is 11.5 Å². The number of hydrogen-bond donors (Lipinski definition) is 4. The second-order valence-corrected chi connectivity index (χ2v) is 10.6. The molecule has 0 unspecified atom stereocenters. The first-order chi connectivity index (χ1) is 18.6. The topological polar surface area (TPSA) is 135 Å². The van der Waals surface area contributed by atoms with Crippen molar-refractivity contribution in [3.63, 3.8) is 0 Å². The molecule has 0 heterocycles. The van der Waals surface area contributed by atoms with Gasteiger partial charge in [0, 0.05) is 12.8 Å². The third kappa shape index (κ3) is 13.5. The van der Waals surface area contributed by atoms with Gasteiger partial charge in [0.2, 0.25) is 11.8 Å². The first-order valence-corrected chi connectivity index (χ1v) is 14.2. The molecule has 0 saturated carbocycles. The zero-order chi connectivity index (χ0) is 28.6. The van der Waals surface area contributed by atoms with Gasteiger partial charge in [-0.3, -0.25) is 40.9 Å². The Hall–Kier alpha value is -3.12. The van der Waals surface area contributed by atoms with Crippen LogP contribution >= 0.6 is 31.9 Å². The Balaban J connectivity index is 1.44. The number of carbonyl (C=O) groups excluding carboxylic acids is 4. The van der Waals surface area contributed by atoms with E-state index in [-0.39, 0.29) is 37.9 Å². The molecule has 0 bridgehead atoms. The predicted octanol–water partition coefficient (Wildman–Crippen LogP) is 4.31. The van der Waals surface area contributed by atoms with E-state index in [9.17, 15) is 19.2 Å². The quantitative estimate of drug-likeness (QED) is 0.175. The van der Waals surface area contributed by atoms with E-state index in [1.807, 2.05) is 38.1 Å². The lowest BCUT2D eigenvalue weighted by molar-refractivity contribution is -0.130. The van der Waals surface area contributed by atoms with Crippen LogP contribution in [0.4, 0.5) is 0 Å². The SMILES string of the molecule is Cc1ccc(OCC(=O)NNC(=O)CCCCCCCC(=O)NNC(=O)COc2ccc(C)cc2Br)c(Br)c1. The minimum absolute atomic E-state index is 0.224. The summed E-state index contributed by atoms with van der Waals surface area (Å²) < 4.78 is 12.4. The fourth-order valence-electron chi connectivity index (χ4n) is 3.31. The lowest BCUT2D eigenvalue weighted by atomic mass is 10.1. The lowest BCUT2D eigenvalue weighted by Gasteiger charge is -2.10. The van der Waals surface area contributed by atoms with Gasteiger partial charge in [-0.05, 0) is 93.9 Å². The monoisotopic (exact) mass is 668 g/mol. The molecule has 2 aromatic carbocycles. The molecule has 0 aliphatic rings. The van der Waals surface area contributed by atoms with Gasteiger partial charge < -0.3 is 9.47 Å². The number of hydrazine groups is 2. The molecule has 0 spiro atoms. The average molecular weight is 670 g/mol. The maximum atomic E-state index is 11.9. The second kappa shape index (κ2) is 17.5. The molecule has 2 aromatic rings. The van der Waals surface area contributed by atoms with Crippen LogP contribution in [0.3, 0.4) is 0 Å². The highest BCUT2D eigenvalue weighted by atomic mass is 79.9. The molecule has 0 radical (unpaired) electrons. The predicted molar refractivity (Wildman–Crippen MR) is 154 cm³/mol. The molecule has 2 rings (SSSR count). The number of carbonyl (C=O) groups is 4. The van der Waals surface area contributed by atoms with Gasteiger partial charge in [-0.2, -0.15) is 0 Å². The Labute approximate surface area is 245 Å². The molecule has 4 amide bonds. The van der Waals surface area contributed by atoms with E-state index in [0.29, 0.717) is 24.3 Å². The van der Waals surface area contributed by atoms with Crippen LogP contribution in [-0.4, -0.2) is 36.8 Å². The van der Waals surface area contributed by atoms with E-state index < -0.39 is 11.8 Å². The fraction of sp³-hybridized carbons (Fsp3) is 0.407. The van der Waals surface area contributed by atoms with Gasteiger partial charge in [0.05, 0.1) is 8.95 Å². The second-order valence-electron chi connectivity index (χ2n) is 8.91. The largest absolute Gasteiger partial charge is 0.483 e. The Morgan fingerprint density at radius 2 is 0.949 bits per heavy atom. The molecule has 0 atom stereocenters. The molecule has 0 aliphatic carbocycles. The van der Waals surface area contributed by atoms with Gasteiger partial charge in [-0.15, -0.1) is 0 Å². The molecule has 39 heavy (non-hydrogen) atoms. The molecule has 4 N–H and O–H groups in total. The smallest absolute Gasteiger partial charge is 0.276 e. The van der Waals surface area contributed by atoms with E-state index in [4.69, 9.17) is 9.47 Å². The number of ether oxygens (including phenoxy) is 2. The Bertz CT molecular complexity index is 1060. The van der Waals surface area contributed by atoms with E-state index >= 15 is 0 Å². The van der Waals surface area contributed by atoms with Gasteiger partial charge in [0.15, 0.2) is 13.2 Å². The fourth-order valence-corrected chi connectivity index (χ4v) is 4.53. The van der Waals surface area contributed by atoms with Gasteiger partial charge in [-0.1, -0.05) is 31.4 Å². The number of rotatable bonds is 14. The highest BCUT2D eigenvalue weighted by Gasteiger charge is 2.09. The number of benzene rings is 2. The van der Waals surface area contributed by atoms with E-state index in [2.05, 4.69) is 53.6 Å². The normalized spacial score (nSPS) is 10.4. The van der Waals surface area contributed by atoms with E-state index in [0.717, 1.165) is 39.3 Å². The maximum Gasteiger partial charge on any atom is 0.276 e. The number of aryl methyl sites for hydroxylation is 2. The first-order valence-electron chi connectivity index (χ1n) is 12.6. The van der Waals surface area contributed by atoms with Crippen LogP contribution in [0.2, 0.25) is 0 Å². The molecule has 0 fully saturated rings. The average Bonchev–Trinajstić information content (AvgIpc) is 2.89. The zero-order valence-corrected chi connectivity index (χ0v) is 25.2. The van der Waals surface area contributed by atoms with Crippen molar-refractivity contribution in [2.45, 2.75) is 58.8 Å². The highest BCUT2D eigenvalue weighted by Crippen LogP contribution is 2.26. The number of nitrogens with one attached hydrogen (secondary N) is 4. The number of amides is 4. The van der Waals surface area contributed by atoms with Gasteiger partial charge >= 0.3 is 0 Å². The van der Waals surface area contributed by atoms with Crippen molar-refractivity contribution in [1.82, 2.24) is 21.7 Å². The summed E-state index contributed by atoms with van der Waals surface area (Å²) in [4.78, 5) is 47.5. The van der Waals surface area contributed by atoms with Gasteiger partial charge in [0.25, 0.3) is 11.8 Å². The molecule has 12 heteroatoms.